The second-order valence-electron chi connectivity index (χ2n) is 3.35. The minimum absolute atomic E-state index is 0. The van der Waals surface area contributed by atoms with Gasteiger partial charge in [-0.15, -0.1) is 0 Å². The summed E-state index contributed by atoms with van der Waals surface area (Å²) in [5.41, 5.74) is 0. The molecule has 0 radical (unpaired) electrons. The molecule has 0 aromatic heterocycles. The van der Waals surface area contributed by atoms with Crippen molar-refractivity contribution in [1.82, 2.24) is 5.32 Å². The van der Waals surface area contributed by atoms with E-state index in [0.717, 1.165) is 25.7 Å². The topological polar surface area (TPSA) is 46.2 Å². The van der Waals surface area contributed by atoms with Gasteiger partial charge in [0, 0.05) is 11.8 Å². The Kier molecular flexibility index (Phi) is 3.91. The van der Waals surface area contributed by atoms with E-state index in [-0.39, 0.29) is 76.5 Å². The van der Waals surface area contributed by atoms with Gasteiger partial charge in [0.15, 0.2) is 0 Å². The van der Waals surface area contributed by atoms with E-state index in [0.29, 0.717) is 0 Å². The molecule has 0 aromatic rings. The number of amides is 2. The van der Waals surface area contributed by atoms with Crippen molar-refractivity contribution in [2.75, 3.05) is 0 Å². The number of hydrogen-bond acceptors (Lipinski definition) is 2. The first-order valence-electron chi connectivity index (χ1n) is 4.14. The molecular formula is C8H12KNO2. The van der Waals surface area contributed by atoms with Crippen LogP contribution < -0.4 is 56.7 Å². The number of carbonyl (C=O) groups is 2. The van der Waals surface area contributed by atoms with Gasteiger partial charge in [-0.25, -0.2) is 0 Å². The van der Waals surface area contributed by atoms with E-state index in [1.165, 1.54) is 0 Å². The predicted molar refractivity (Wildman–Crippen MR) is 39.7 cm³/mol. The molecule has 2 unspecified atom stereocenters. The second-order valence-corrected chi connectivity index (χ2v) is 3.35. The van der Waals surface area contributed by atoms with Crippen LogP contribution in [-0.4, -0.2) is 11.8 Å². The van der Waals surface area contributed by atoms with Gasteiger partial charge in [0.25, 0.3) is 0 Å². The average Bonchev–Trinajstić information content (AvgIpc) is 2.30. The van der Waals surface area contributed by atoms with Crippen LogP contribution >= 0.6 is 0 Å². The number of imide groups is 1. The van der Waals surface area contributed by atoms with Crippen LogP contribution in [0.1, 0.15) is 27.1 Å². The molecule has 0 spiro atoms. The Hall–Kier alpha value is 0.776. The molecule has 1 aliphatic heterocycles. The van der Waals surface area contributed by atoms with Crippen molar-refractivity contribution in [1.29, 1.82) is 0 Å². The Morgan fingerprint density at radius 3 is 1.92 bits per heavy atom. The van der Waals surface area contributed by atoms with Crippen LogP contribution in [0.15, 0.2) is 0 Å². The summed E-state index contributed by atoms with van der Waals surface area (Å²) in [6.45, 7) is 0. The summed E-state index contributed by atoms with van der Waals surface area (Å²) in [5.74, 6) is -0.0631. The first-order chi connectivity index (χ1) is 5.29. The molecule has 1 heterocycles. The number of hydrogen-bond donors (Lipinski definition) is 1. The van der Waals surface area contributed by atoms with E-state index >= 15 is 0 Å². The zero-order valence-corrected chi connectivity index (χ0v) is 10.4. The normalized spacial score (nSPS) is 33.7. The number of rotatable bonds is 0. The quantitative estimate of drug-likeness (QED) is 0.343. The fraction of sp³-hybridized carbons (Fsp3) is 0.750. The molecule has 0 bridgehead atoms. The Morgan fingerprint density at radius 1 is 1.08 bits per heavy atom. The van der Waals surface area contributed by atoms with Crippen LogP contribution in [0.5, 0.6) is 0 Å². The van der Waals surface area contributed by atoms with Crippen molar-refractivity contribution in [3.63, 3.8) is 0 Å². The molecule has 4 heteroatoms. The van der Waals surface area contributed by atoms with Crippen molar-refractivity contribution >= 4 is 11.8 Å². The van der Waals surface area contributed by atoms with Gasteiger partial charge in [0.05, 0.1) is 0 Å². The molecular weight excluding hydrogens is 181 g/mol. The summed E-state index contributed by atoms with van der Waals surface area (Å²) < 4.78 is 0. The molecule has 0 aromatic carbocycles. The molecule has 12 heavy (non-hydrogen) atoms. The number of carbonyl (C=O) groups excluding carboxylic acids is 2. The predicted octanol–water partition coefficient (Wildman–Crippen LogP) is -2.43. The van der Waals surface area contributed by atoms with Gasteiger partial charge in [-0.05, 0) is 12.8 Å². The van der Waals surface area contributed by atoms with Crippen LogP contribution in [0.4, 0.5) is 0 Å². The van der Waals surface area contributed by atoms with E-state index in [1.807, 2.05) is 0 Å². The van der Waals surface area contributed by atoms with E-state index in [9.17, 15) is 9.59 Å². The standard InChI is InChI=1S/C8H11NO2.K.H/c10-7-5-3-1-2-4-6(5)8(11)9-7;;/h5-6H,1-4H2,(H,9,10,11);;/q;+1;-1. The summed E-state index contributed by atoms with van der Waals surface area (Å²) in [7, 11) is 0. The van der Waals surface area contributed by atoms with E-state index < -0.39 is 0 Å². The van der Waals surface area contributed by atoms with Crippen molar-refractivity contribution in [3.8, 4) is 0 Å². The molecule has 1 saturated carbocycles. The third kappa shape index (κ3) is 1.82. The fourth-order valence-electron chi connectivity index (χ4n) is 2.07. The largest absolute Gasteiger partial charge is 1.00 e. The summed E-state index contributed by atoms with van der Waals surface area (Å²) in [6, 6.07) is 0. The van der Waals surface area contributed by atoms with Gasteiger partial charge in [-0.3, -0.25) is 14.9 Å². The Bertz CT molecular complexity index is 200. The first-order valence-corrected chi connectivity index (χ1v) is 4.14. The number of nitrogens with one attached hydrogen (secondary N) is 1. The maximum atomic E-state index is 11.1. The van der Waals surface area contributed by atoms with Crippen molar-refractivity contribution in [2.45, 2.75) is 25.7 Å². The Labute approximate surface area is 116 Å². The van der Waals surface area contributed by atoms with Gasteiger partial charge < -0.3 is 1.43 Å². The SMILES string of the molecule is O=C1NC(=O)C2CCCCC12.[H-].[K+]. The third-order valence-corrected chi connectivity index (χ3v) is 2.69. The van der Waals surface area contributed by atoms with Crippen LogP contribution in [0, 0.1) is 11.8 Å². The third-order valence-electron chi connectivity index (χ3n) is 2.69. The number of fused-ring (bicyclic) bond motifs is 1. The van der Waals surface area contributed by atoms with Crippen molar-refractivity contribution in [3.05, 3.63) is 0 Å². The zero-order valence-electron chi connectivity index (χ0n) is 8.30. The van der Waals surface area contributed by atoms with Crippen molar-refractivity contribution < 1.29 is 62.4 Å². The molecule has 2 rings (SSSR count). The van der Waals surface area contributed by atoms with E-state index in [2.05, 4.69) is 5.32 Å². The maximum Gasteiger partial charge on any atom is 1.00 e. The van der Waals surface area contributed by atoms with E-state index in [4.69, 9.17) is 0 Å². The summed E-state index contributed by atoms with van der Waals surface area (Å²) in [5, 5.41) is 2.38. The van der Waals surface area contributed by atoms with Gasteiger partial charge in [0.1, 0.15) is 0 Å². The molecule has 2 atom stereocenters. The Morgan fingerprint density at radius 2 is 1.50 bits per heavy atom. The maximum absolute atomic E-state index is 11.1. The first kappa shape index (κ1) is 10.9. The summed E-state index contributed by atoms with van der Waals surface area (Å²) >= 11 is 0. The average molecular weight is 193 g/mol. The molecule has 3 nitrogen and oxygen atoms in total. The van der Waals surface area contributed by atoms with Crippen molar-refractivity contribution in [2.24, 2.45) is 11.8 Å². The van der Waals surface area contributed by atoms with Crippen LogP contribution in [0.25, 0.3) is 0 Å². The molecule has 62 valence electrons. The Balaban J connectivity index is 0.000000720. The minimum Gasteiger partial charge on any atom is -1.00 e. The van der Waals surface area contributed by atoms with Crippen LogP contribution in [0.2, 0.25) is 0 Å². The molecule has 2 fully saturated rings. The molecule has 1 saturated heterocycles. The smallest absolute Gasteiger partial charge is 1.00 e. The van der Waals surface area contributed by atoms with Crippen LogP contribution in [0.3, 0.4) is 0 Å². The molecule has 1 N–H and O–H groups in total. The summed E-state index contributed by atoms with van der Waals surface area (Å²) in [4.78, 5) is 22.2. The molecule has 2 aliphatic rings. The zero-order chi connectivity index (χ0) is 7.84. The molecule has 2 amide bonds. The fourth-order valence-corrected chi connectivity index (χ4v) is 2.07. The molecule has 1 aliphatic carbocycles. The van der Waals surface area contributed by atoms with Gasteiger partial charge in [0.2, 0.25) is 11.8 Å². The second kappa shape index (κ2) is 4.33. The minimum atomic E-state index is -0.0419. The van der Waals surface area contributed by atoms with Gasteiger partial charge >= 0.3 is 51.4 Å². The summed E-state index contributed by atoms with van der Waals surface area (Å²) in [6.07, 6.45) is 4.01. The monoisotopic (exact) mass is 193 g/mol. The van der Waals surface area contributed by atoms with Gasteiger partial charge in [-0.2, -0.15) is 0 Å². The van der Waals surface area contributed by atoms with E-state index in [1.54, 1.807) is 0 Å². The van der Waals surface area contributed by atoms with Gasteiger partial charge in [-0.1, -0.05) is 12.8 Å². The van der Waals surface area contributed by atoms with Crippen LogP contribution in [-0.2, 0) is 9.59 Å².